The number of esters is 2. The summed E-state index contributed by atoms with van der Waals surface area (Å²) in [6.45, 7) is 1.66. The van der Waals surface area contributed by atoms with E-state index in [4.69, 9.17) is 14.2 Å². The summed E-state index contributed by atoms with van der Waals surface area (Å²) in [5.41, 5.74) is 2.41. The molecule has 0 unspecified atom stereocenters. The fraction of sp³-hybridized carbons (Fsp3) is 0.190. The number of benzene rings is 2. The number of aryl methyl sites for hydroxylation is 1. The maximum Gasteiger partial charge on any atom is 0.342 e. The molecule has 0 fully saturated rings. The molecule has 0 atom stereocenters. The molecule has 0 aliphatic carbocycles. The van der Waals surface area contributed by atoms with Gasteiger partial charge in [0.1, 0.15) is 17.9 Å². The third-order valence-corrected chi connectivity index (χ3v) is 4.28. The zero-order valence-corrected chi connectivity index (χ0v) is 15.3. The number of carbonyl (C=O) groups excluding carboxylic acids is 2. The summed E-state index contributed by atoms with van der Waals surface area (Å²) in [4.78, 5) is 29.2. The van der Waals surface area contributed by atoms with Crippen LogP contribution in [0.1, 0.15) is 32.0 Å². The third kappa shape index (κ3) is 3.60. The van der Waals surface area contributed by atoms with Gasteiger partial charge in [-0.3, -0.25) is 0 Å². The van der Waals surface area contributed by atoms with Crippen LogP contribution in [0, 0.1) is 6.92 Å². The third-order valence-electron chi connectivity index (χ3n) is 4.28. The monoisotopic (exact) mass is 365 g/mol. The first-order valence-electron chi connectivity index (χ1n) is 8.33. The quantitative estimate of drug-likeness (QED) is 0.642. The van der Waals surface area contributed by atoms with E-state index in [0.717, 1.165) is 10.9 Å². The number of fused-ring (bicyclic) bond motifs is 1. The highest BCUT2D eigenvalue weighted by atomic mass is 16.5. The first-order chi connectivity index (χ1) is 13.1. The second-order valence-electron chi connectivity index (χ2n) is 5.84. The van der Waals surface area contributed by atoms with Crippen LogP contribution in [-0.2, 0) is 16.1 Å². The van der Waals surface area contributed by atoms with E-state index in [1.807, 2.05) is 31.2 Å². The van der Waals surface area contributed by atoms with Gasteiger partial charge in [0.25, 0.3) is 0 Å². The number of ether oxygens (including phenoxy) is 3. The molecule has 0 amide bonds. The molecule has 27 heavy (non-hydrogen) atoms. The molecule has 0 spiro atoms. The Hall–Kier alpha value is -3.41. The second-order valence-corrected chi connectivity index (χ2v) is 5.84. The number of methoxy groups -OCH3 is 2. The predicted molar refractivity (Wildman–Crippen MR) is 99.9 cm³/mol. The molecule has 0 bridgehead atoms. The summed E-state index contributed by atoms with van der Waals surface area (Å²) in [5.74, 6) is -0.664. The molecule has 2 aromatic carbocycles. The van der Waals surface area contributed by atoms with Crippen LogP contribution in [0.4, 0.5) is 0 Å². The molecule has 3 aromatic rings. The van der Waals surface area contributed by atoms with Crippen molar-refractivity contribution in [3.8, 4) is 5.75 Å². The van der Waals surface area contributed by atoms with Gasteiger partial charge < -0.3 is 14.2 Å². The van der Waals surface area contributed by atoms with E-state index in [1.54, 1.807) is 24.3 Å². The highest BCUT2D eigenvalue weighted by Gasteiger charge is 2.21. The lowest BCUT2D eigenvalue weighted by Gasteiger charge is -2.14. The highest BCUT2D eigenvalue weighted by Crippen LogP contribution is 2.25. The minimum atomic E-state index is -0.559. The van der Waals surface area contributed by atoms with Crippen molar-refractivity contribution in [2.75, 3.05) is 14.2 Å². The molecule has 0 saturated heterocycles. The average molecular weight is 365 g/mol. The summed E-state index contributed by atoms with van der Waals surface area (Å²) in [6, 6.07) is 14.2. The van der Waals surface area contributed by atoms with Gasteiger partial charge in [-0.25, -0.2) is 14.6 Å². The van der Waals surface area contributed by atoms with E-state index in [9.17, 15) is 9.59 Å². The van der Waals surface area contributed by atoms with Crippen LogP contribution >= 0.6 is 0 Å². The number of hydrogen-bond acceptors (Lipinski definition) is 6. The van der Waals surface area contributed by atoms with E-state index < -0.39 is 11.9 Å². The average Bonchev–Trinajstić information content (AvgIpc) is 2.71. The number of para-hydroxylation sites is 2. The van der Waals surface area contributed by atoms with Gasteiger partial charge >= 0.3 is 11.9 Å². The first-order valence-corrected chi connectivity index (χ1v) is 8.33. The van der Waals surface area contributed by atoms with Crippen molar-refractivity contribution in [3.05, 3.63) is 70.9 Å². The summed E-state index contributed by atoms with van der Waals surface area (Å²) < 4.78 is 15.5. The fourth-order valence-corrected chi connectivity index (χ4v) is 2.94. The van der Waals surface area contributed by atoms with Crippen molar-refractivity contribution in [1.82, 2.24) is 4.98 Å². The van der Waals surface area contributed by atoms with Crippen LogP contribution in [0.5, 0.6) is 5.75 Å². The van der Waals surface area contributed by atoms with E-state index in [1.165, 1.54) is 14.2 Å². The minimum absolute atomic E-state index is 0.160. The predicted octanol–water partition coefficient (Wildman–Crippen LogP) is 3.70. The van der Waals surface area contributed by atoms with E-state index >= 15 is 0 Å². The Morgan fingerprint density at radius 2 is 1.67 bits per heavy atom. The lowest BCUT2D eigenvalue weighted by Crippen LogP contribution is -2.14. The smallest absolute Gasteiger partial charge is 0.342 e. The van der Waals surface area contributed by atoms with Crippen LogP contribution in [0.3, 0.4) is 0 Å². The van der Waals surface area contributed by atoms with E-state index in [0.29, 0.717) is 28.1 Å². The normalized spacial score (nSPS) is 10.5. The van der Waals surface area contributed by atoms with E-state index in [2.05, 4.69) is 4.98 Å². The molecule has 0 N–H and O–H groups in total. The van der Waals surface area contributed by atoms with Crippen molar-refractivity contribution in [2.45, 2.75) is 13.5 Å². The standard InChI is InChI=1S/C21H19NO5/c1-13-14-8-4-6-10-16(14)22-17(19(13)21(24)26-3)12-27-20(23)15-9-5-7-11-18(15)25-2/h4-11H,12H2,1-3H3. The van der Waals surface area contributed by atoms with Crippen LogP contribution < -0.4 is 4.74 Å². The molecule has 0 radical (unpaired) electrons. The van der Waals surface area contributed by atoms with Gasteiger partial charge in [-0.05, 0) is 30.7 Å². The Morgan fingerprint density at radius 1 is 0.963 bits per heavy atom. The minimum Gasteiger partial charge on any atom is -0.496 e. The number of carbonyl (C=O) groups is 2. The van der Waals surface area contributed by atoms with Crippen LogP contribution in [0.2, 0.25) is 0 Å². The van der Waals surface area contributed by atoms with Gasteiger partial charge in [-0.2, -0.15) is 0 Å². The molecule has 0 aliphatic heterocycles. The largest absolute Gasteiger partial charge is 0.496 e. The number of rotatable bonds is 5. The molecular formula is C21H19NO5. The Balaban J connectivity index is 1.96. The lowest BCUT2D eigenvalue weighted by atomic mass is 10.0. The highest BCUT2D eigenvalue weighted by molar-refractivity contribution is 5.98. The summed E-state index contributed by atoms with van der Waals surface area (Å²) in [7, 11) is 2.79. The van der Waals surface area contributed by atoms with Crippen LogP contribution in [-0.4, -0.2) is 31.1 Å². The Kier molecular flexibility index (Phi) is 5.35. The van der Waals surface area contributed by atoms with Gasteiger partial charge in [0.2, 0.25) is 0 Å². The molecule has 1 aromatic heterocycles. The number of aromatic nitrogens is 1. The summed E-state index contributed by atoms with van der Waals surface area (Å²) >= 11 is 0. The van der Waals surface area contributed by atoms with Crippen molar-refractivity contribution in [3.63, 3.8) is 0 Å². The Bertz CT molecular complexity index is 1010. The number of pyridine rings is 1. The molecule has 0 aliphatic rings. The SMILES string of the molecule is COC(=O)c1c(COC(=O)c2ccccc2OC)nc2ccccc2c1C. The second kappa shape index (κ2) is 7.86. The van der Waals surface area contributed by atoms with Crippen molar-refractivity contribution >= 4 is 22.8 Å². The van der Waals surface area contributed by atoms with Gasteiger partial charge in [0.05, 0.1) is 31.0 Å². The van der Waals surface area contributed by atoms with Gasteiger partial charge in [-0.15, -0.1) is 0 Å². The van der Waals surface area contributed by atoms with Gasteiger partial charge in [-0.1, -0.05) is 30.3 Å². The van der Waals surface area contributed by atoms with Crippen molar-refractivity contribution < 1.29 is 23.8 Å². The number of nitrogens with zero attached hydrogens (tertiary/aromatic N) is 1. The summed E-state index contributed by atoms with van der Waals surface area (Å²) in [5, 5.41) is 0.845. The van der Waals surface area contributed by atoms with Crippen molar-refractivity contribution in [2.24, 2.45) is 0 Å². The van der Waals surface area contributed by atoms with Crippen molar-refractivity contribution in [1.29, 1.82) is 0 Å². The topological polar surface area (TPSA) is 74.7 Å². The van der Waals surface area contributed by atoms with Crippen LogP contribution in [0.25, 0.3) is 10.9 Å². The maximum absolute atomic E-state index is 12.5. The molecule has 6 heteroatoms. The molecular weight excluding hydrogens is 346 g/mol. The zero-order chi connectivity index (χ0) is 19.4. The van der Waals surface area contributed by atoms with Gasteiger partial charge in [0, 0.05) is 5.39 Å². The Morgan fingerprint density at radius 3 is 2.41 bits per heavy atom. The Labute approximate surface area is 156 Å². The maximum atomic E-state index is 12.5. The molecule has 3 rings (SSSR count). The zero-order valence-electron chi connectivity index (χ0n) is 15.3. The first kappa shape index (κ1) is 18.4. The lowest BCUT2D eigenvalue weighted by molar-refractivity contribution is 0.0452. The van der Waals surface area contributed by atoms with Gasteiger partial charge in [0.15, 0.2) is 0 Å². The molecule has 1 heterocycles. The molecule has 6 nitrogen and oxygen atoms in total. The van der Waals surface area contributed by atoms with Crippen LogP contribution in [0.15, 0.2) is 48.5 Å². The van der Waals surface area contributed by atoms with E-state index in [-0.39, 0.29) is 6.61 Å². The molecule has 138 valence electrons. The fourth-order valence-electron chi connectivity index (χ4n) is 2.94. The summed E-state index contributed by atoms with van der Waals surface area (Å²) in [6.07, 6.45) is 0. The number of hydrogen-bond donors (Lipinski definition) is 0. The molecule has 0 saturated carbocycles.